The fourth-order valence-electron chi connectivity index (χ4n) is 4.81. The van der Waals surface area contributed by atoms with E-state index in [1.165, 1.54) is 26.4 Å². The van der Waals surface area contributed by atoms with Crippen molar-refractivity contribution in [3.63, 3.8) is 0 Å². The van der Waals surface area contributed by atoms with E-state index in [1.54, 1.807) is 11.3 Å². The Hall–Kier alpha value is -3.43. The van der Waals surface area contributed by atoms with Crippen molar-refractivity contribution in [2.75, 3.05) is 0 Å². The van der Waals surface area contributed by atoms with Gasteiger partial charge in [0.05, 0.1) is 16.0 Å². The summed E-state index contributed by atoms with van der Waals surface area (Å²) >= 11 is 1.77. The zero-order valence-electron chi connectivity index (χ0n) is 19.3. The zero-order valence-corrected chi connectivity index (χ0v) is 20.1. The molecule has 0 N–H and O–H groups in total. The van der Waals surface area contributed by atoms with E-state index in [2.05, 4.69) is 94.4 Å². The van der Waals surface area contributed by atoms with Crippen LogP contribution in [0.3, 0.4) is 0 Å². The van der Waals surface area contributed by atoms with Gasteiger partial charge in [-0.15, -0.1) is 11.3 Å². The number of aryl methyl sites for hydroxylation is 1. The number of thiophene rings is 1. The fourth-order valence-corrected chi connectivity index (χ4v) is 5.91. The summed E-state index contributed by atoms with van der Waals surface area (Å²) in [4.78, 5) is 6.02. The number of hydrogen-bond acceptors (Lipinski definition) is 3. The maximum absolute atomic E-state index is 6.43. The summed E-state index contributed by atoms with van der Waals surface area (Å²) in [6, 6.07) is 25.9. The smallest absolute Gasteiger partial charge is 0.148 e. The van der Waals surface area contributed by atoms with Crippen LogP contribution < -0.4 is 0 Å². The van der Waals surface area contributed by atoms with Gasteiger partial charge in [0, 0.05) is 22.0 Å². The molecule has 3 aromatic heterocycles. The molecular formula is C30H25NOS. The standard InChI is InChI=1S/C30H25NOS/c1-18-27-24(32-29(18)26-17-20-10-6-8-12-25(20)33-26)13-14-31-28(27)21-15-19-9-5-7-11-22(19)23(16-21)30(2,3)4/h5-17H,1-4H3. The molecule has 0 unspecified atom stereocenters. The van der Waals surface area contributed by atoms with Crippen LogP contribution in [-0.4, -0.2) is 4.98 Å². The van der Waals surface area contributed by atoms with E-state index in [1.807, 2.05) is 12.3 Å². The van der Waals surface area contributed by atoms with E-state index < -0.39 is 0 Å². The highest BCUT2D eigenvalue weighted by atomic mass is 32.1. The molecule has 162 valence electrons. The summed E-state index contributed by atoms with van der Waals surface area (Å²) in [6.07, 6.45) is 1.86. The Labute approximate surface area is 197 Å². The van der Waals surface area contributed by atoms with Gasteiger partial charge in [0.2, 0.25) is 0 Å². The van der Waals surface area contributed by atoms with Gasteiger partial charge in [-0.3, -0.25) is 4.98 Å². The minimum Gasteiger partial charge on any atom is -0.455 e. The van der Waals surface area contributed by atoms with Gasteiger partial charge in [-0.2, -0.15) is 0 Å². The van der Waals surface area contributed by atoms with E-state index in [4.69, 9.17) is 9.40 Å². The SMILES string of the molecule is Cc1c(-c2cc3ccccc3s2)oc2ccnc(-c3cc(C(C)(C)C)c4ccccc4c3)c12. The molecule has 3 aromatic carbocycles. The van der Waals surface area contributed by atoms with Crippen molar-refractivity contribution in [2.24, 2.45) is 0 Å². The number of rotatable bonds is 2. The lowest BCUT2D eigenvalue weighted by Crippen LogP contribution is -2.12. The number of aromatic nitrogens is 1. The lowest BCUT2D eigenvalue weighted by atomic mass is 9.82. The molecule has 0 atom stereocenters. The van der Waals surface area contributed by atoms with Crippen molar-refractivity contribution >= 4 is 43.2 Å². The molecule has 6 rings (SSSR count). The van der Waals surface area contributed by atoms with E-state index in [-0.39, 0.29) is 5.41 Å². The topological polar surface area (TPSA) is 26.0 Å². The highest BCUT2D eigenvalue weighted by Crippen LogP contribution is 2.43. The average Bonchev–Trinajstić information content (AvgIpc) is 3.38. The first-order valence-corrected chi connectivity index (χ1v) is 12.1. The second kappa shape index (κ2) is 7.29. The number of furan rings is 1. The Morgan fingerprint density at radius 2 is 1.61 bits per heavy atom. The summed E-state index contributed by atoms with van der Waals surface area (Å²) in [5, 5.41) is 4.89. The van der Waals surface area contributed by atoms with Crippen LogP contribution in [0, 0.1) is 6.92 Å². The third-order valence-electron chi connectivity index (χ3n) is 6.43. The Kier molecular flexibility index (Phi) is 4.46. The van der Waals surface area contributed by atoms with E-state index in [9.17, 15) is 0 Å². The molecule has 3 heterocycles. The van der Waals surface area contributed by atoms with Gasteiger partial charge in [-0.1, -0.05) is 63.2 Å². The van der Waals surface area contributed by atoms with Crippen molar-refractivity contribution < 1.29 is 4.42 Å². The summed E-state index contributed by atoms with van der Waals surface area (Å²) in [5.74, 6) is 0.942. The second-order valence-electron chi connectivity index (χ2n) is 9.73. The van der Waals surface area contributed by atoms with Crippen LogP contribution in [-0.2, 0) is 5.41 Å². The molecule has 33 heavy (non-hydrogen) atoms. The molecular weight excluding hydrogens is 422 g/mol. The number of pyridine rings is 1. The summed E-state index contributed by atoms with van der Waals surface area (Å²) in [6.45, 7) is 8.97. The summed E-state index contributed by atoms with van der Waals surface area (Å²) in [5.41, 5.74) is 5.51. The molecule has 0 radical (unpaired) electrons. The molecule has 6 aromatic rings. The highest BCUT2D eigenvalue weighted by Gasteiger charge is 2.22. The number of hydrogen-bond donors (Lipinski definition) is 0. The number of nitrogens with zero attached hydrogens (tertiary/aromatic N) is 1. The monoisotopic (exact) mass is 447 g/mol. The third-order valence-corrected chi connectivity index (χ3v) is 7.55. The second-order valence-corrected chi connectivity index (χ2v) is 10.8. The maximum Gasteiger partial charge on any atom is 0.148 e. The summed E-state index contributed by atoms with van der Waals surface area (Å²) < 4.78 is 7.71. The largest absolute Gasteiger partial charge is 0.455 e. The molecule has 0 fully saturated rings. The van der Waals surface area contributed by atoms with Crippen molar-refractivity contribution in [1.29, 1.82) is 0 Å². The first-order valence-electron chi connectivity index (χ1n) is 11.3. The third kappa shape index (κ3) is 3.27. The average molecular weight is 448 g/mol. The van der Waals surface area contributed by atoms with Crippen molar-refractivity contribution in [2.45, 2.75) is 33.1 Å². The van der Waals surface area contributed by atoms with Gasteiger partial charge in [0.1, 0.15) is 11.3 Å². The normalized spacial score (nSPS) is 12.2. The van der Waals surface area contributed by atoms with Crippen LogP contribution in [0.1, 0.15) is 31.9 Å². The van der Waals surface area contributed by atoms with Crippen LogP contribution >= 0.6 is 11.3 Å². The Morgan fingerprint density at radius 3 is 2.39 bits per heavy atom. The van der Waals surface area contributed by atoms with Crippen LogP contribution in [0.25, 0.3) is 53.7 Å². The molecule has 0 saturated heterocycles. The lowest BCUT2D eigenvalue weighted by molar-refractivity contribution is 0.596. The maximum atomic E-state index is 6.43. The Morgan fingerprint density at radius 1 is 0.848 bits per heavy atom. The molecule has 0 aliphatic heterocycles. The summed E-state index contributed by atoms with van der Waals surface area (Å²) in [7, 11) is 0. The van der Waals surface area contributed by atoms with Crippen LogP contribution in [0.4, 0.5) is 0 Å². The van der Waals surface area contributed by atoms with E-state index in [0.717, 1.165) is 38.4 Å². The molecule has 0 aliphatic rings. The predicted octanol–water partition coefficient (Wildman–Crippen LogP) is 9.14. The molecule has 0 bridgehead atoms. The van der Waals surface area contributed by atoms with E-state index >= 15 is 0 Å². The van der Waals surface area contributed by atoms with Gasteiger partial charge in [0.15, 0.2) is 0 Å². The van der Waals surface area contributed by atoms with Crippen molar-refractivity contribution in [3.05, 3.63) is 90.1 Å². The van der Waals surface area contributed by atoms with Gasteiger partial charge in [0.25, 0.3) is 0 Å². The first kappa shape index (κ1) is 20.2. The van der Waals surface area contributed by atoms with Crippen LogP contribution in [0.5, 0.6) is 0 Å². The Balaban J connectivity index is 1.61. The van der Waals surface area contributed by atoms with Gasteiger partial charge in [-0.05, 0) is 64.4 Å². The predicted molar refractivity (Wildman–Crippen MR) is 141 cm³/mol. The lowest BCUT2D eigenvalue weighted by Gasteiger charge is -2.22. The zero-order chi connectivity index (χ0) is 22.7. The molecule has 0 saturated carbocycles. The quantitative estimate of drug-likeness (QED) is 0.264. The molecule has 0 aliphatic carbocycles. The van der Waals surface area contributed by atoms with E-state index in [0.29, 0.717) is 0 Å². The van der Waals surface area contributed by atoms with Gasteiger partial charge < -0.3 is 4.42 Å². The minimum absolute atomic E-state index is 0.0250. The van der Waals surface area contributed by atoms with Gasteiger partial charge >= 0.3 is 0 Å². The van der Waals surface area contributed by atoms with Crippen LogP contribution in [0.2, 0.25) is 0 Å². The molecule has 0 spiro atoms. The van der Waals surface area contributed by atoms with Crippen molar-refractivity contribution in [1.82, 2.24) is 4.98 Å². The number of fused-ring (bicyclic) bond motifs is 3. The van der Waals surface area contributed by atoms with Crippen LogP contribution in [0.15, 0.2) is 83.4 Å². The highest BCUT2D eigenvalue weighted by molar-refractivity contribution is 7.22. The Bertz CT molecular complexity index is 1630. The molecule has 3 heteroatoms. The van der Waals surface area contributed by atoms with Gasteiger partial charge in [-0.25, -0.2) is 0 Å². The minimum atomic E-state index is 0.0250. The fraction of sp³-hybridized carbons (Fsp3) is 0.167. The number of benzene rings is 3. The molecule has 2 nitrogen and oxygen atoms in total. The first-order chi connectivity index (χ1) is 15.9. The molecule has 0 amide bonds. The van der Waals surface area contributed by atoms with Crippen molar-refractivity contribution in [3.8, 4) is 21.9 Å².